The molecule has 4 nitrogen and oxygen atoms in total. The summed E-state index contributed by atoms with van der Waals surface area (Å²) in [6.45, 7) is 6.09. The number of aliphatic imine (C=N–C) groups is 1. The zero-order valence-corrected chi connectivity index (χ0v) is 17.2. The number of phenols is 2. The van der Waals surface area contributed by atoms with Gasteiger partial charge in [-0.05, 0) is 72.7 Å². The summed E-state index contributed by atoms with van der Waals surface area (Å²) in [5.41, 5.74) is 13.9. The van der Waals surface area contributed by atoms with E-state index >= 15 is 0 Å². The predicted molar refractivity (Wildman–Crippen MR) is 121 cm³/mol. The molecular weight excluding hydrogens is 360 g/mol. The van der Waals surface area contributed by atoms with Gasteiger partial charge in [0.2, 0.25) is 0 Å². The number of hydrogen-bond donors (Lipinski definition) is 3. The Hall–Kier alpha value is -3.27. The molecule has 29 heavy (non-hydrogen) atoms. The van der Waals surface area contributed by atoms with Gasteiger partial charge in [-0.2, -0.15) is 0 Å². The lowest BCUT2D eigenvalue weighted by atomic mass is 9.98. The Bertz CT molecular complexity index is 1050. The molecule has 0 heterocycles. The average molecular weight is 389 g/mol. The molecule has 0 aliphatic carbocycles. The third kappa shape index (κ3) is 4.77. The van der Waals surface area contributed by atoms with E-state index in [1.54, 1.807) is 12.1 Å². The summed E-state index contributed by atoms with van der Waals surface area (Å²) >= 11 is 0. The van der Waals surface area contributed by atoms with E-state index in [1.807, 2.05) is 19.1 Å². The van der Waals surface area contributed by atoms with Crippen molar-refractivity contribution in [1.82, 2.24) is 0 Å². The second kappa shape index (κ2) is 8.82. The number of rotatable bonds is 6. The highest BCUT2D eigenvalue weighted by molar-refractivity contribution is 6.02. The van der Waals surface area contributed by atoms with E-state index in [-0.39, 0.29) is 11.5 Å². The molecule has 0 bridgehead atoms. The third-order valence-electron chi connectivity index (χ3n) is 5.18. The van der Waals surface area contributed by atoms with Crippen LogP contribution in [0.5, 0.6) is 11.5 Å². The first-order valence-electron chi connectivity index (χ1n) is 9.98. The van der Waals surface area contributed by atoms with E-state index in [0.29, 0.717) is 11.3 Å². The first-order valence-corrected chi connectivity index (χ1v) is 9.98. The lowest BCUT2D eigenvalue weighted by Gasteiger charge is -2.11. The van der Waals surface area contributed by atoms with Crippen LogP contribution in [0.25, 0.3) is 0 Å². The summed E-state index contributed by atoms with van der Waals surface area (Å²) < 4.78 is 0. The highest BCUT2D eigenvalue weighted by Gasteiger charge is 2.09. The van der Waals surface area contributed by atoms with E-state index in [1.165, 1.54) is 22.8 Å². The molecule has 0 aliphatic heterocycles. The van der Waals surface area contributed by atoms with Crippen molar-refractivity contribution in [1.29, 1.82) is 0 Å². The van der Waals surface area contributed by atoms with Gasteiger partial charge in [0.25, 0.3) is 0 Å². The second-order valence-corrected chi connectivity index (χ2v) is 7.28. The maximum absolute atomic E-state index is 10.1. The zero-order chi connectivity index (χ0) is 21.0. The van der Waals surface area contributed by atoms with Crippen molar-refractivity contribution in [2.75, 3.05) is 5.73 Å². The summed E-state index contributed by atoms with van der Waals surface area (Å²) in [4.78, 5) is 4.74. The van der Waals surface area contributed by atoms with Gasteiger partial charge in [-0.1, -0.05) is 38.1 Å². The lowest BCUT2D eigenvalue weighted by Crippen LogP contribution is -1.97. The van der Waals surface area contributed by atoms with E-state index < -0.39 is 0 Å². The van der Waals surface area contributed by atoms with Crippen LogP contribution in [0.2, 0.25) is 0 Å². The number of benzene rings is 3. The van der Waals surface area contributed by atoms with Gasteiger partial charge in [0, 0.05) is 23.0 Å². The van der Waals surface area contributed by atoms with Crippen molar-refractivity contribution in [3.8, 4) is 11.5 Å². The summed E-state index contributed by atoms with van der Waals surface area (Å²) in [5.74, 6) is 0.0579. The van der Waals surface area contributed by atoms with Crippen molar-refractivity contribution >= 4 is 17.1 Å². The fourth-order valence-electron chi connectivity index (χ4n) is 3.52. The Morgan fingerprint density at radius 1 is 0.862 bits per heavy atom. The van der Waals surface area contributed by atoms with Gasteiger partial charge < -0.3 is 15.9 Å². The normalized spacial score (nSPS) is 11.6. The number of aromatic hydroxyl groups is 2. The van der Waals surface area contributed by atoms with Gasteiger partial charge in [-0.25, -0.2) is 0 Å². The maximum atomic E-state index is 10.1. The molecular formula is C25H28N2O2. The molecule has 0 radical (unpaired) electrons. The standard InChI is InChI=1S/C25H28N2O2/c1-4-19-13-17(6-10-23(19)26)12-18-7-11-24(20(5-2)14-18)27-16(3)22-9-8-21(28)15-25(22)29/h6-11,13-15,28-29H,4-5,12,26H2,1-3H3/b27-16+. The molecule has 0 spiro atoms. The molecule has 0 fully saturated rings. The minimum atomic E-state index is 0.0241. The molecule has 0 saturated heterocycles. The summed E-state index contributed by atoms with van der Waals surface area (Å²) in [6, 6.07) is 17.2. The molecule has 0 saturated carbocycles. The first-order chi connectivity index (χ1) is 13.9. The quantitative estimate of drug-likeness (QED) is 0.383. The summed E-state index contributed by atoms with van der Waals surface area (Å²) in [6.07, 6.45) is 2.64. The van der Waals surface area contributed by atoms with Crippen LogP contribution >= 0.6 is 0 Å². The Balaban J connectivity index is 1.89. The molecule has 150 valence electrons. The Kier molecular flexibility index (Phi) is 6.23. The Morgan fingerprint density at radius 3 is 2.17 bits per heavy atom. The van der Waals surface area contributed by atoms with Gasteiger partial charge in [0.05, 0.1) is 5.69 Å². The maximum Gasteiger partial charge on any atom is 0.128 e. The lowest BCUT2D eigenvalue weighted by molar-refractivity contribution is 0.450. The van der Waals surface area contributed by atoms with E-state index in [2.05, 4.69) is 38.1 Å². The molecule has 3 aromatic carbocycles. The van der Waals surface area contributed by atoms with Gasteiger partial charge in [-0.3, -0.25) is 4.99 Å². The number of hydrogen-bond acceptors (Lipinski definition) is 4. The Morgan fingerprint density at radius 2 is 1.52 bits per heavy atom. The molecule has 0 amide bonds. The summed E-state index contributed by atoms with van der Waals surface area (Å²) in [7, 11) is 0. The first kappa shape index (κ1) is 20.5. The fourth-order valence-corrected chi connectivity index (χ4v) is 3.52. The van der Waals surface area contributed by atoms with Crippen molar-refractivity contribution in [3.05, 3.63) is 82.4 Å². The minimum absolute atomic E-state index is 0.0241. The van der Waals surface area contributed by atoms with Crippen molar-refractivity contribution in [3.63, 3.8) is 0 Å². The average Bonchev–Trinajstić information content (AvgIpc) is 2.70. The van der Waals surface area contributed by atoms with Gasteiger partial charge in [0.1, 0.15) is 11.5 Å². The predicted octanol–water partition coefficient (Wildman–Crippen LogP) is 5.54. The molecule has 4 N–H and O–H groups in total. The molecule has 0 aromatic heterocycles. The largest absolute Gasteiger partial charge is 0.508 e. The SMILES string of the molecule is CCc1cc(Cc2ccc(/N=C(\C)c3ccc(O)cc3O)c(CC)c2)ccc1N. The van der Waals surface area contributed by atoms with Crippen LogP contribution < -0.4 is 5.73 Å². The van der Waals surface area contributed by atoms with E-state index in [9.17, 15) is 10.2 Å². The van der Waals surface area contributed by atoms with Crippen LogP contribution in [0.1, 0.15) is 48.6 Å². The van der Waals surface area contributed by atoms with Crippen molar-refractivity contribution < 1.29 is 10.2 Å². The number of nitrogens with zero attached hydrogens (tertiary/aromatic N) is 1. The molecule has 0 aliphatic rings. The molecule has 3 aromatic rings. The van der Waals surface area contributed by atoms with Crippen molar-refractivity contribution in [2.24, 2.45) is 4.99 Å². The van der Waals surface area contributed by atoms with Crippen LogP contribution in [0.4, 0.5) is 11.4 Å². The number of nitrogen functional groups attached to an aromatic ring is 1. The van der Waals surface area contributed by atoms with Crippen LogP contribution in [0, 0.1) is 0 Å². The minimum Gasteiger partial charge on any atom is -0.508 e. The highest BCUT2D eigenvalue weighted by atomic mass is 16.3. The Labute approximate surface area is 172 Å². The fraction of sp³-hybridized carbons (Fsp3) is 0.240. The monoisotopic (exact) mass is 388 g/mol. The zero-order valence-electron chi connectivity index (χ0n) is 17.2. The van der Waals surface area contributed by atoms with Gasteiger partial charge >= 0.3 is 0 Å². The summed E-state index contributed by atoms with van der Waals surface area (Å²) in [5, 5.41) is 19.6. The van der Waals surface area contributed by atoms with Crippen molar-refractivity contribution in [2.45, 2.75) is 40.0 Å². The van der Waals surface area contributed by atoms with Crippen LogP contribution in [-0.4, -0.2) is 15.9 Å². The van der Waals surface area contributed by atoms with E-state index in [4.69, 9.17) is 10.7 Å². The smallest absolute Gasteiger partial charge is 0.128 e. The van der Waals surface area contributed by atoms with Crippen LogP contribution in [0.3, 0.4) is 0 Å². The number of anilines is 1. The van der Waals surface area contributed by atoms with E-state index in [0.717, 1.165) is 36.2 Å². The number of phenolic OH excluding ortho intramolecular Hbond substituents is 2. The molecule has 0 unspecified atom stereocenters. The van der Waals surface area contributed by atoms with Gasteiger partial charge in [0.15, 0.2) is 0 Å². The van der Waals surface area contributed by atoms with Crippen LogP contribution in [-0.2, 0) is 19.3 Å². The number of aryl methyl sites for hydroxylation is 2. The molecule has 0 atom stereocenters. The second-order valence-electron chi connectivity index (χ2n) is 7.28. The highest BCUT2D eigenvalue weighted by Crippen LogP contribution is 2.28. The number of nitrogens with two attached hydrogens (primary N) is 1. The topological polar surface area (TPSA) is 78.8 Å². The third-order valence-corrected chi connectivity index (χ3v) is 5.18. The van der Waals surface area contributed by atoms with Crippen LogP contribution in [0.15, 0.2) is 59.6 Å². The molecule has 3 rings (SSSR count). The van der Waals surface area contributed by atoms with Gasteiger partial charge in [-0.15, -0.1) is 0 Å². The molecule has 4 heteroatoms.